The van der Waals surface area contributed by atoms with E-state index in [-0.39, 0.29) is 11.1 Å². The quantitative estimate of drug-likeness (QED) is 0.475. The van der Waals surface area contributed by atoms with Crippen LogP contribution in [0, 0.1) is 17.1 Å². The molecule has 3 rings (SSSR count). The van der Waals surface area contributed by atoms with E-state index in [0.717, 1.165) is 17.2 Å². The highest BCUT2D eigenvalue weighted by atomic mass is 35.5. The summed E-state index contributed by atoms with van der Waals surface area (Å²) >= 11 is 6.10. The Balaban J connectivity index is 1.55. The summed E-state index contributed by atoms with van der Waals surface area (Å²) in [7, 11) is 0. The molecule has 0 saturated carbocycles. The number of nitrogens with one attached hydrogen (secondary N) is 1. The van der Waals surface area contributed by atoms with E-state index in [1.807, 2.05) is 18.2 Å². The summed E-state index contributed by atoms with van der Waals surface area (Å²) in [5.74, 6) is -0.828. The van der Waals surface area contributed by atoms with Crippen LogP contribution in [0.5, 0.6) is 5.75 Å². The number of hydrogen-bond donors (Lipinski definition) is 1. The fourth-order valence-corrected chi connectivity index (χ4v) is 2.61. The molecule has 3 aromatic carbocycles. The third kappa shape index (κ3) is 5.41. The predicted molar refractivity (Wildman–Crippen MR) is 108 cm³/mol. The van der Waals surface area contributed by atoms with Gasteiger partial charge in [0.15, 0.2) is 0 Å². The Morgan fingerprint density at radius 3 is 2.62 bits per heavy atom. The van der Waals surface area contributed by atoms with E-state index in [1.165, 1.54) is 18.3 Å². The summed E-state index contributed by atoms with van der Waals surface area (Å²) < 4.78 is 19.5. The zero-order valence-electron chi connectivity index (χ0n) is 15.1. The molecule has 1 amide bonds. The molecule has 0 fully saturated rings. The van der Waals surface area contributed by atoms with Crippen LogP contribution >= 0.6 is 11.6 Å². The lowest BCUT2D eigenvalue weighted by Gasteiger charge is -2.07. The molecule has 1 N–H and O–H groups in total. The molecule has 0 atom stereocenters. The van der Waals surface area contributed by atoms with Crippen molar-refractivity contribution in [3.63, 3.8) is 0 Å². The summed E-state index contributed by atoms with van der Waals surface area (Å²) in [4.78, 5) is 12.0. The summed E-state index contributed by atoms with van der Waals surface area (Å²) in [6.07, 6.45) is 1.43. The lowest BCUT2D eigenvalue weighted by atomic mass is 10.1. The highest BCUT2D eigenvalue weighted by Gasteiger charge is 2.11. The largest absolute Gasteiger partial charge is 0.489 e. The molecule has 0 bridgehead atoms. The van der Waals surface area contributed by atoms with Crippen LogP contribution in [0.15, 0.2) is 71.8 Å². The van der Waals surface area contributed by atoms with Gasteiger partial charge in [-0.15, -0.1) is 0 Å². The van der Waals surface area contributed by atoms with Gasteiger partial charge in [-0.1, -0.05) is 29.8 Å². The van der Waals surface area contributed by atoms with E-state index in [1.54, 1.807) is 36.4 Å². The summed E-state index contributed by atoms with van der Waals surface area (Å²) in [5, 5.41) is 13.2. The van der Waals surface area contributed by atoms with Crippen molar-refractivity contribution in [2.45, 2.75) is 6.61 Å². The Labute approximate surface area is 172 Å². The highest BCUT2D eigenvalue weighted by molar-refractivity contribution is 6.31. The van der Waals surface area contributed by atoms with Crippen molar-refractivity contribution < 1.29 is 13.9 Å². The molecule has 0 aromatic heterocycles. The highest BCUT2D eigenvalue weighted by Crippen LogP contribution is 2.18. The molecule has 0 aliphatic carbocycles. The first-order valence-electron chi connectivity index (χ1n) is 8.56. The van der Waals surface area contributed by atoms with Crippen molar-refractivity contribution in [1.82, 2.24) is 5.43 Å². The summed E-state index contributed by atoms with van der Waals surface area (Å²) in [5.41, 5.74) is 3.81. The van der Waals surface area contributed by atoms with E-state index in [0.29, 0.717) is 17.4 Å². The van der Waals surface area contributed by atoms with Crippen LogP contribution in [0.2, 0.25) is 5.02 Å². The van der Waals surface area contributed by atoms with Gasteiger partial charge in [-0.05, 0) is 54.1 Å². The number of hydrogen-bond acceptors (Lipinski definition) is 4. The molecule has 0 radical (unpaired) electrons. The van der Waals surface area contributed by atoms with Crippen LogP contribution in [0.4, 0.5) is 4.39 Å². The average Bonchev–Trinajstić information content (AvgIpc) is 2.74. The van der Waals surface area contributed by atoms with Gasteiger partial charge in [0.25, 0.3) is 5.91 Å². The minimum absolute atomic E-state index is 0.138. The number of carbonyl (C=O) groups excluding carboxylic acids is 1. The third-order valence-electron chi connectivity index (χ3n) is 3.95. The summed E-state index contributed by atoms with van der Waals surface area (Å²) in [6.45, 7) is 0.347. The Morgan fingerprint density at radius 2 is 1.93 bits per heavy atom. The van der Waals surface area contributed by atoms with E-state index >= 15 is 0 Å². The molecule has 0 heterocycles. The van der Waals surface area contributed by atoms with Crippen molar-refractivity contribution in [2.24, 2.45) is 5.10 Å². The number of rotatable bonds is 6. The second-order valence-corrected chi connectivity index (χ2v) is 6.36. The Bertz CT molecular complexity index is 1090. The zero-order valence-corrected chi connectivity index (χ0v) is 15.9. The minimum atomic E-state index is -0.781. The molecular weight excluding hydrogens is 393 g/mol. The summed E-state index contributed by atoms with van der Waals surface area (Å²) in [6, 6.07) is 19.9. The molecule has 3 aromatic rings. The number of nitriles is 1. The lowest BCUT2D eigenvalue weighted by Crippen LogP contribution is -2.19. The van der Waals surface area contributed by atoms with E-state index in [2.05, 4.69) is 10.5 Å². The molecule has 0 spiro atoms. The van der Waals surface area contributed by atoms with Gasteiger partial charge in [0.2, 0.25) is 0 Å². The van der Waals surface area contributed by atoms with Crippen LogP contribution < -0.4 is 10.2 Å². The number of hydrazone groups is 1. The lowest BCUT2D eigenvalue weighted by molar-refractivity contribution is 0.0951. The van der Waals surface area contributed by atoms with E-state index in [9.17, 15) is 9.18 Å². The Kier molecular flexibility index (Phi) is 6.56. The molecule has 5 nitrogen and oxygen atoms in total. The SMILES string of the molecule is N#Cc1ccc(C(=O)N/N=C\c2ccc(OCc3ccccc3Cl)cc2)c(F)c1. The monoisotopic (exact) mass is 407 g/mol. The molecule has 0 unspecified atom stereocenters. The Hall–Kier alpha value is -3.69. The zero-order chi connectivity index (χ0) is 20.6. The fourth-order valence-electron chi connectivity index (χ4n) is 2.42. The van der Waals surface area contributed by atoms with Gasteiger partial charge in [0, 0.05) is 10.6 Å². The van der Waals surface area contributed by atoms with Gasteiger partial charge in [0.1, 0.15) is 18.2 Å². The maximum Gasteiger partial charge on any atom is 0.274 e. The van der Waals surface area contributed by atoms with E-state index < -0.39 is 11.7 Å². The van der Waals surface area contributed by atoms with Crippen LogP contribution in [0.25, 0.3) is 0 Å². The van der Waals surface area contributed by atoms with Crippen LogP contribution in [-0.4, -0.2) is 12.1 Å². The molecule has 29 heavy (non-hydrogen) atoms. The topological polar surface area (TPSA) is 74.5 Å². The average molecular weight is 408 g/mol. The van der Waals surface area contributed by atoms with Gasteiger partial charge in [-0.2, -0.15) is 10.4 Å². The number of nitrogens with zero attached hydrogens (tertiary/aromatic N) is 2. The first-order valence-corrected chi connectivity index (χ1v) is 8.94. The standard InChI is InChI=1S/C22H15ClFN3O2/c23-20-4-2-1-3-17(20)14-29-18-8-5-15(6-9-18)13-26-27-22(28)19-10-7-16(12-25)11-21(19)24/h1-11,13H,14H2,(H,27,28)/b26-13-. The molecular formula is C22H15ClFN3O2. The first kappa shape index (κ1) is 20.1. The minimum Gasteiger partial charge on any atom is -0.489 e. The molecule has 0 saturated heterocycles. The second kappa shape index (κ2) is 9.49. The number of benzene rings is 3. The van der Waals surface area contributed by atoms with Gasteiger partial charge < -0.3 is 4.74 Å². The van der Waals surface area contributed by atoms with Crippen LogP contribution in [0.3, 0.4) is 0 Å². The molecule has 0 aliphatic heterocycles. The number of carbonyl (C=O) groups is 1. The second-order valence-electron chi connectivity index (χ2n) is 5.95. The Morgan fingerprint density at radius 1 is 1.17 bits per heavy atom. The number of amides is 1. The van der Waals surface area contributed by atoms with Crippen molar-refractivity contribution in [3.05, 3.63) is 99.8 Å². The van der Waals surface area contributed by atoms with Crippen molar-refractivity contribution >= 4 is 23.7 Å². The van der Waals surface area contributed by atoms with Crippen LogP contribution in [0.1, 0.15) is 27.0 Å². The third-order valence-corrected chi connectivity index (χ3v) is 4.32. The van der Waals surface area contributed by atoms with E-state index in [4.69, 9.17) is 21.6 Å². The maximum atomic E-state index is 13.8. The first-order chi connectivity index (χ1) is 14.1. The van der Waals surface area contributed by atoms with Gasteiger partial charge in [0.05, 0.1) is 23.4 Å². The smallest absolute Gasteiger partial charge is 0.274 e. The van der Waals surface area contributed by atoms with Gasteiger partial charge in [-0.3, -0.25) is 4.79 Å². The number of halogens is 2. The van der Waals surface area contributed by atoms with Crippen molar-refractivity contribution in [2.75, 3.05) is 0 Å². The van der Waals surface area contributed by atoms with Gasteiger partial charge in [-0.25, -0.2) is 9.82 Å². The fraction of sp³-hybridized carbons (Fsp3) is 0.0455. The van der Waals surface area contributed by atoms with Crippen LogP contribution in [-0.2, 0) is 6.61 Å². The molecule has 144 valence electrons. The maximum absolute atomic E-state index is 13.8. The van der Waals surface area contributed by atoms with Crippen molar-refractivity contribution in [3.8, 4) is 11.8 Å². The van der Waals surface area contributed by atoms with Gasteiger partial charge >= 0.3 is 0 Å². The number of ether oxygens (including phenoxy) is 1. The predicted octanol–water partition coefficient (Wildman–Crippen LogP) is 4.69. The van der Waals surface area contributed by atoms with Crippen molar-refractivity contribution in [1.29, 1.82) is 5.26 Å². The molecule has 7 heteroatoms. The normalized spacial score (nSPS) is 10.5. The molecule has 0 aliphatic rings.